The van der Waals surface area contributed by atoms with Gasteiger partial charge in [0.25, 0.3) is 0 Å². The van der Waals surface area contributed by atoms with E-state index in [9.17, 15) is 14.4 Å². The van der Waals surface area contributed by atoms with Crippen LogP contribution in [0.5, 0.6) is 5.75 Å². The monoisotopic (exact) mass is 535 g/mol. The minimum atomic E-state index is -0.647. The lowest BCUT2D eigenvalue weighted by Crippen LogP contribution is -2.21. The Labute approximate surface area is 222 Å². The number of nitrogens with one attached hydrogen (secondary N) is 1. The lowest BCUT2D eigenvalue weighted by molar-refractivity contribution is -0.120. The smallest absolute Gasteiger partial charge is 0.343 e. The first-order valence-corrected chi connectivity index (χ1v) is 13.5. The fourth-order valence-corrected chi connectivity index (χ4v) is 5.14. The van der Waals surface area contributed by atoms with Gasteiger partial charge in [-0.15, -0.1) is 10.2 Å². The summed E-state index contributed by atoms with van der Waals surface area (Å²) in [6.07, 6.45) is 2.65. The molecule has 2 aromatic heterocycles. The van der Waals surface area contributed by atoms with Gasteiger partial charge in [0, 0.05) is 12.0 Å². The van der Waals surface area contributed by atoms with E-state index < -0.39 is 11.4 Å². The number of nitrogens with zero attached hydrogens (tertiary/aromatic N) is 2. The Hall–Kier alpha value is -3.76. The van der Waals surface area contributed by atoms with Crippen LogP contribution in [0.2, 0.25) is 0 Å². The molecule has 2 heterocycles. The number of thioether (sulfide) groups is 1. The van der Waals surface area contributed by atoms with Gasteiger partial charge < -0.3 is 14.5 Å². The third kappa shape index (κ3) is 6.93. The molecule has 0 spiro atoms. The summed E-state index contributed by atoms with van der Waals surface area (Å²) in [5, 5.41) is 11.3. The molecule has 4 rings (SSSR count). The molecule has 1 N–H and O–H groups in total. The van der Waals surface area contributed by atoms with Crippen molar-refractivity contribution in [2.75, 3.05) is 5.32 Å². The van der Waals surface area contributed by atoms with E-state index >= 15 is 0 Å². The predicted molar refractivity (Wildman–Crippen MR) is 144 cm³/mol. The van der Waals surface area contributed by atoms with Crippen LogP contribution < -0.4 is 15.5 Å². The first kappa shape index (κ1) is 26.3. The van der Waals surface area contributed by atoms with Gasteiger partial charge in [-0.2, -0.15) is 0 Å². The maximum Gasteiger partial charge on any atom is 0.343 e. The first-order chi connectivity index (χ1) is 18.0. The summed E-state index contributed by atoms with van der Waals surface area (Å²) in [6.45, 7) is 3.94. The maximum absolute atomic E-state index is 12.5. The van der Waals surface area contributed by atoms with Crippen LogP contribution in [0.4, 0.5) is 5.13 Å². The summed E-state index contributed by atoms with van der Waals surface area (Å²) in [7, 11) is 0. The highest BCUT2D eigenvalue weighted by atomic mass is 32.2. The van der Waals surface area contributed by atoms with Crippen molar-refractivity contribution >= 4 is 40.1 Å². The van der Waals surface area contributed by atoms with Crippen LogP contribution in [0.25, 0.3) is 11.1 Å². The van der Waals surface area contributed by atoms with E-state index in [1.807, 2.05) is 56.3 Å². The second-order valence-corrected chi connectivity index (χ2v) is 10.3. The average Bonchev–Trinajstić information content (AvgIpc) is 3.37. The van der Waals surface area contributed by atoms with Gasteiger partial charge >= 0.3 is 5.97 Å². The van der Waals surface area contributed by atoms with Crippen molar-refractivity contribution in [3.05, 3.63) is 88.5 Å². The number of hydrogen-bond acceptors (Lipinski definition) is 9. The second-order valence-electron chi connectivity index (χ2n) is 8.07. The van der Waals surface area contributed by atoms with E-state index in [-0.39, 0.29) is 17.6 Å². The van der Waals surface area contributed by atoms with E-state index in [2.05, 4.69) is 15.5 Å². The van der Waals surface area contributed by atoms with E-state index in [0.29, 0.717) is 26.5 Å². The molecule has 190 valence electrons. The van der Waals surface area contributed by atoms with Gasteiger partial charge in [0.15, 0.2) is 4.34 Å². The highest BCUT2D eigenvalue weighted by Crippen LogP contribution is 2.29. The van der Waals surface area contributed by atoms with Gasteiger partial charge in [0.2, 0.25) is 22.2 Å². The number of anilines is 1. The van der Waals surface area contributed by atoms with E-state index in [1.165, 1.54) is 29.2 Å². The standard InChI is InChI=1S/C27H25N3O5S2/c1-3-17(4-2)24(32)28-26-29-30-27(37-26)36-16-21-14-22(31)23(15-34-21)35-25(33)20-12-10-19(11-13-20)18-8-6-5-7-9-18/h5-15,17H,3-4,16H2,1-2H3,(H,28,29,32). The van der Waals surface area contributed by atoms with E-state index in [4.69, 9.17) is 9.15 Å². The fraction of sp³-hybridized carbons (Fsp3) is 0.222. The van der Waals surface area contributed by atoms with Crippen LogP contribution >= 0.6 is 23.1 Å². The number of benzene rings is 2. The second kappa shape index (κ2) is 12.5. The van der Waals surface area contributed by atoms with Crippen molar-refractivity contribution in [1.82, 2.24) is 10.2 Å². The number of carbonyl (C=O) groups excluding carboxylic acids is 2. The minimum Gasteiger partial charge on any atom is -0.464 e. The summed E-state index contributed by atoms with van der Waals surface area (Å²) in [6, 6.07) is 18.0. The number of aromatic nitrogens is 2. The molecule has 8 nitrogen and oxygen atoms in total. The molecule has 0 unspecified atom stereocenters. The number of rotatable bonds is 10. The van der Waals surface area contributed by atoms with Crippen LogP contribution in [0, 0.1) is 5.92 Å². The van der Waals surface area contributed by atoms with Crippen molar-refractivity contribution in [3.63, 3.8) is 0 Å². The van der Waals surface area contributed by atoms with E-state index in [1.54, 1.807) is 12.1 Å². The molecule has 0 aliphatic heterocycles. The van der Waals surface area contributed by atoms with Gasteiger partial charge in [-0.3, -0.25) is 9.59 Å². The largest absolute Gasteiger partial charge is 0.464 e. The van der Waals surface area contributed by atoms with Crippen molar-refractivity contribution in [3.8, 4) is 16.9 Å². The number of hydrogen-bond donors (Lipinski definition) is 1. The summed E-state index contributed by atoms with van der Waals surface area (Å²) in [5.74, 6) is -0.255. The SMILES string of the molecule is CCC(CC)C(=O)Nc1nnc(SCc2cc(=O)c(OC(=O)c3ccc(-c4ccccc4)cc3)co2)s1. The molecule has 10 heteroatoms. The highest BCUT2D eigenvalue weighted by Gasteiger charge is 2.17. The minimum absolute atomic E-state index is 0.0597. The highest BCUT2D eigenvalue weighted by molar-refractivity contribution is 8.00. The molecule has 1 amide bonds. The first-order valence-electron chi connectivity index (χ1n) is 11.7. The lowest BCUT2D eigenvalue weighted by Gasteiger charge is -2.09. The van der Waals surface area contributed by atoms with E-state index in [0.717, 1.165) is 30.2 Å². The summed E-state index contributed by atoms with van der Waals surface area (Å²) in [4.78, 5) is 37.2. The Morgan fingerprint density at radius 1 is 1.03 bits per heavy atom. The van der Waals surface area contributed by atoms with Crippen LogP contribution in [-0.2, 0) is 10.5 Å². The Bertz CT molecular complexity index is 1410. The van der Waals surface area contributed by atoms with Crippen molar-refractivity contribution < 1.29 is 18.7 Å². The topological polar surface area (TPSA) is 111 Å². The zero-order valence-electron chi connectivity index (χ0n) is 20.3. The normalized spacial score (nSPS) is 10.9. The summed E-state index contributed by atoms with van der Waals surface area (Å²) < 4.78 is 11.4. The molecule has 0 saturated carbocycles. The zero-order chi connectivity index (χ0) is 26.2. The average molecular weight is 536 g/mol. The molecule has 0 fully saturated rings. The van der Waals surface area contributed by atoms with Gasteiger partial charge in [-0.05, 0) is 36.1 Å². The Balaban J connectivity index is 1.32. The summed E-state index contributed by atoms with van der Waals surface area (Å²) >= 11 is 2.57. The molecular weight excluding hydrogens is 510 g/mol. The molecule has 0 aliphatic rings. The molecule has 37 heavy (non-hydrogen) atoms. The third-order valence-electron chi connectivity index (χ3n) is 5.61. The van der Waals surface area contributed by atoms with Gasteiger partial charge in [0.1, 0.15) is 12.0 Å². The quantitative estimate of drug-likeness (QED) is 0.149. The predicted octanol–water partition coefficient (Wildman–Crippen LogP) is 6.04. The Kier molecular flexibility index (Phi) is 8.86. The number of amides is 1. The van der Waals surface area contributed by atoms with Crippen LogP contribution in [0.15, 0.2) is 80.5 Å². The molecule has 0 atom stereocenters. The number of carbonyl (C=O) groups is 2. The Morgan fingerprint density at radius 3 is 2.41 bits per heavy atom. The van der Waals surface area contributed by atoms with Gasteiger partial charge in [-0.1, -0.05) is 79.4 Å². The third-order valence-corrected chi connectivity index (χ3v) is 7.61. The maximum atomic E-state index is 12.5. The lowest BCUT2D eigenvalue weighted by atomic mass is 10.0. The Morgan fingerprint density at radius 2 is 1.73 bits per heavy atom. The number of esters is 1. The molecular formula is C27H25N3O5S2. The van der Waals surface area contributed by atoms with Crippen LogP contribution in [-0.4, -0.2) is 22.1 Å². The molecule has 2 aromatic carbocycles. The van der Waals surface area contributed by atoms with Crippen molar-refractivity contribution in [2.24, 2.45) is 5.92 Å². The fourth-order valence-electron chi connectivity index (χ4n) is 3.50. The number of ether oxygens (including phenoxy) is 1. The molecule has 0 aliphatic carbocycles. The van der Waals surface area contributed by atoms with Crippen LogP contribution in [0.1, 0.15) is 42.8 Å². The van der Waals surface area contributed by atoms with Gasteiger partial charge in [0.05, 0.1) is 11.3 Å². The molecule has 0 saturated heterocycles. The van der Waals surface area contributed by atoms with Crippen molar-refractivity contribution in [1.29, 1.82) is 0 Å². The molecule has 0 radical (unpaired) electrons. The van der Waals surface area contributed by atoms with Crippen molar-refractivity contribution in [2.45, 2.75) is 36.8 Å². The van der Waals surface area contributed by atoms with Gasteiger partial charge in [-0.25, -0.2) is 4.79 Å². The summed E-state index contributed by atoms with van der Waals surface area (Å²) in [5.41, 5.74) is 1.86. The zero-order valence-corrected chi connectivity index (χ0v) is 21.9. The van der Waals surface area contributed by atoms with Crippen LogP contribution in [0.3, 0.4) is 0 Å². The molecule has 4 aromatic rings. The molecule has 0 bridgehead atoms.